The average molecular weight is 164 g/mol. The Kier molecular flexibility index (Phi) is 7.51. The van der Waals surface area contributed by atoms with Crippen molar-refractivity contribution in [2.24, 2.45) is 0 Å². The molecular formula is C6H16N2OS. The second kappa shape index (κ2) is 7.34. The van der Waals surface area contributed by atoms with Crippen LogP contribution in [0.4, 0.5) is 0 Å². The van der Waals surface area contributed by atoms with Crippen molar-refractivity contribution in [3.05, 3.63) is 0 Å². The third-order valence-corrected chi connectivity index (χ3v) is 1.82. The van der Waals surface area contributed by atoms with Gasteiger partial charge in [0, 0.05) is 13.1 Å². The molecule has 0 unspecified atom stereocenters. The van der Waals surface area contributed by atoms with Crippen molar-refractivity contribution in [3.8, 4) is 0 Å². The van der Waals surface area contributed by atoms with Gasteiger partial charge in [-0.25, -0.2) is 4.72 Å². The zero-order chi connectivity index (χ0) is 7.82. The van der Waals surface area contributed by atoms with Crippen molar-refractivity contribution in [2.45, 2.75) is 13.8 Å². The molecule has 0 atom stereocenters. The Morgan fingerprint density at radius 2 is 2.00 bits per heavy atom. The summed E-state index contributed by atoms with van der Waals surface area (Å²) < 4.78 is 11.1. The van der Waals surface area contributed by atoms with Crippen molar-refractivity contribution in [3.63, 3.8) is 0 Å². The maximum absolute atomic E-state index is 8.31. The van der Waals surface area contributed by atoms with E-state index in [1.165, 1.54) is 0 Å². The molecule has 0 saturated heterocycles. The molecule has 0 aliphatic rings. The minimum atomic E-state index is 0.688. The van der Waals surface area contributed by atoms with Crippen molar-refractivity contribution in [1.82, 2.24) is 9.62 Å². The van der Waals surface area contributed by atoms with E-state index in [4.69, 9.17) is 4.55 Å². The van der Waals surface area contributed by atoms with Crippen molar-refractivity contribution in [2.75, 3.05) is 26.2 Å². The number of hydrogen-bond donors (Lipinski definition) is 2. The quantitative estimate of drug-likeness (QED) is 0.349. The van der Waals surface area contributed by atoms with Crippen LogP contribution in [0.15, 0.2) is 0 Å². The van der Waals surface area contributed by atoms with Gasteiger partial charge in [0.15, 0.2) is 0 Å². The van der Waals surface area contributed by atoms with E-state index in [9.17, 15) is 0 Å². The highest BCUT2D eigenvalue weighted by Gasteiger charge is 1.95. The number of rotatable bonds is 6. The highest BCUT2D eigenvalue weighted by molar-refractivity contribution is 7.91. The fourth-order valence-electron chi connectivity index (χ4n) is 0.789. The number of nitrogens with zero attached hydrogens (tertiary/aromatic N) is 1. The minimum absolute atomic E-state index is 0.688. The zero-order valence-electron chi connectivity index (χ0n) is 6.63. The largest absolute Gasteiger partial charge is 0.317 e. The van der Waals surface area contributed by atoms with E-state index in [2.05, 4.69) is 23.5 Å². The second-order valence-electron chi connectivity index (χ2n) is 2.01. The van der Waals surface area contributed by atoms with Crippen LogP contribution in [0, 0.1) is 0 Å². The van der Waals surface area contributed by atoms with Crippen LogP contribution in [-0.2, 0) is 0 Å². The van der Waals surface area contributed by atoms with Crippen LogP contribution in [0.1, 0.15) is 13.8 Å². The fraction of sp³-hybridized carbons (Fsp3) is 1.00. The Bertz CT molecular complexity index is 68.8. The molecule has 0 aromatic heterocycles. The molecule has 0 aliphatic heterocycles. The van der Waals surface area contributed by atoms with Crippen molar-refractivity contribution in [1.29, 1.82) is 0 Å². The number of nitrogens with one attached hydrogen (secondary N) is 1. The topological polar surface area (TPSA) is 35.5 Å². The maximum Gasteiger partial charge on any atom is 0.0760 e. The van der Waals surface area contributed by atoms with Gasteiger partial charge in [0.2, 0.25) is 0 Å². The highest BCUT2D eigenvalue weighted by atomic mass is 32.2. The van der Waals surface area contributed by atoms with Gasteiger partial charge in [-0.15, -0.1) is 0 Å². The van der Waals surface area contributed by atoms with Crippen LogP contribution in [0.2, 0.25) is 0 Å². The van der Waals surface area contributed by atoms with E-state index in [0.717, 1.165) is 26.2 Å². The smallest absolute Gasteiger partial charge is 0.0760 e. The summed E-state index contributed by atoms with van der Waals surface area (Å²) in [6.45, 7) is 8.26. The third-order valence-electron chi connectivity index (χ3n) is 1.49. The molecule has 0 fully saturated rings. The minimum Gasteiger partial charge on any atom is -0.317 e. The van der Waals surface area contributed by atoms with E-state index in [0.29, 0.717) is 12.2 Å². The molecule has 0 rings (SSSR count). The predicted molar refractivity (Wildman–Crippen MR) is 46.0 cm³/mol. The van der Waals surface area contributed by atoms with Crippen molar-refractivity contribution < 1.29 is 4.55 Å². The van der Waals surface area contributed by atoms with Gasteiger partial charge in [0.25, 0.3) is 0 Å². The summed E-state index contributed by atoms with van der Waals surface area (Å²) in [7, 11) is 0. The molecule has 0 spiro atoms. The second-order valence-corrected chi connectivity index (χ2v) is 2.48. The number of likely N-dealkylation sites (N-methyl/N-ethyl adjacent to an activating group) is 1. The standard InChI is InChI=1S/C6H16N2OS/c1-3-8(4-2)6-5-7-10-9/h7,9H,3-6H2,1-2H3. The van der Waals surface area contributed by atoms with Crippen LogP contribution >= 0.6 is 12.2 Å². The molecule has 0 saturated carbocycles. The van der Waals surface area contributed by atoms with Gasteiger partial charge in [0.05, 0.1) is 12.2 Å². The van der Waals surface area contributed by atoms with Gasteiger partial charge in [-0.2, -0.15) is 0 Å². The first-order valence-corrected chi connectivity index (χ1v) is 4.38. The first kappa shape index (κ1) is 10.2. The lowest BCUT2D eigenvalue weighted by molar-refractivity contribution is 0.309. The summed E-state index contributed by atoms with van der Waals surface area (Å²) in [5, 5.41) is 0. The SMILES string of the molecule is CCN(CC)CCNSO. The third kappa shape index (κ3) is 5.05. The molecule has 0 amide bonds. The van der Waals surface area contributed by atoms with Crippen LogP contribution in [-0.4, -0.2) is 35.6 Å². The molecule has 0 aromatic carbocycles. The molecule has 3 nitrogen and oxygen atoms in total. The summed E-state index contributed by atoms with van der Waals surface area (Å²) >= 11 is 0.688. The Balaban J connectivity index is 3.09. The Morgan fingerprint density at radius 3 is 2.40 bits per heavy atom. The van der Waals surface area contributed by atoms with Gasteiger partial charge in [-0.05, 0) is 13.1 Å². The van der Waals surface area contributed by atoms with Crippen LogP contribution in [0.25, 0.3) is 0 Å². The number of hydrogen-bond acceptors (Lipinski definition) is 4. The molecule has 10 heavy (non-hydrogen) atoms. The Hall–Kier alpha value is 0.230. The van der Waals surface area contributed by atoms with Gasteiger partial charge in [-0.1, -0.05) is 13.8 Å². The van der Waals surface area contributed by atoms with Gasteiger partial charge < -0.3 is 9.45 Å². The Labute approximate surface area is 67.1 Å². The molecular weight excluding hydrogens is 148 g/mol. The van der Waals surface area contributed by atoms with Gasteiger partial charge >= 0.3 is 0 Å². The predicted octanol–water partition coefficient (Wildman–Crippen LogP) is 1.04. The molecule has 0 heterocycles. The molecule has 0 radical (unpaired) electrons. The van der Waals surface area contributed by atoms with E-state index in [1.54, 1.807) is 0 Å². The van der Waals surface area contributed by atoms with Gasteiger partial charge in [0.1, 0.15) is 0 Å². The normalized spacial score (nSPS) is 10.8. The fourth-order valence-corrected chi connectivity index (χ4v) is 0.972. The monoisotopic (exact) mass is 164 g/mol. The summed E-state index contributed by atoms with van der Waals surface area (Å²) in [5.74, 6) is 0. The molecule has 0 aliphatic carbocycles. The maximum atomic E-state index is 8.31. The average Bonchev–Trinajstić information content (AvgIpc) is 1.99. The molecule has 2 N–H and O–H groups in total. The molecule has 4 heteroatoms. The van der Waals surface area contributed by atoms with E-state index in [1.807, 2.05) is 0 Å². The van der Waals surface area contributed by atoms with E-state index >= 15 is 0 Å². The van der Waals surface area contributed by atoms with E-state index < -0.39 is 0 Å². The van der Waals surface area contributed by atoms with Crippen LogP contribution in [0.3, 0.4) is 0 Å². The lowest BCUT2D eigenvalue weighted by atomic mass is 10.5. The summed E-state index contributed by atoms with van der Waals surface area (Å²) in [5.41, 5.74) is 0. The molecule has 0 aromatic rings. The lowest BCUT2D eigenvalue weighted by Gasteiger charge is -2.16. The first-order valence-electron chi connectivity index (χ1n) is 3.60. The summed E-state index contributed by atoms with van der Waals surface area (Å²) in [4.78, 5) is 2.29. The summed E-state index contributed by atoms with van der Waals surface area (Å²) in [6.07, 6.45) is 0. The zero-order valence-corrected chi connectivity index (χ0v) is 7.45. The van der Waals surface area contributed by atoms with Crippen LogP contribution in [0.5, 0.6) is 0 Å². The molecule has 0 bridgehead atoms. The van der Waals surface area contributed by atoms with E-state index in [-0.39, 0.29) is 0 Å². The van der Waals surface area contributed by atoms with Gasteiger partial charge in [-0.3, -0.25) is 0 Å². The molecule has 62 valence electrons. The Morgan fingerprint density at radius 1 is 1.40 bits per heavy atom. The highest BCUT2D eigenvalue weighted by Crippen LogP contribution is 1.86. The van der Waals surface area contributed by atoms with Crippen molar-refractivity contribution >= 4 is 12.2 Å². The van der Waals surface area contributed by atoms with Crippen LogP contribution < -0.4 is 4.72 Å². The first-order chi connectivity index (χ1) is 4.85. The summed E-state index contributed by atoms with van der Waals surface area (Å²) in [6, 6.07) is 0. The lowest BCUT2D eigenvalue weighted by Crippen LogP contribution is -2.29.